The molecule has 2 aromatic rings. The molecule has 0 fully saturated rings. The van der Waals surface area contributed by atoms with E-state index in [2.05, 4.69) is 37.0 Å². The molecule has 0 aliphatic carbocycles. The van der Waals surface area contributed by atoms with Crippen LogP contribution < -0.4 is 0 Å². The normalized spacial score (nSPS) is 10.5. The third-order valence-electron chi connectivity index (χ3n) is 1.35. The summed E-state index contributed by atoms with van der Waals surface area (Å²) in [5.74, 6) is 0. The first-order valence-electron chi connectivity index (χ1n) is 3.24. The van der Waals surface area contributed by atoms with Crippen LogP contribution in [0.15, 0.2) is 12.4 Å². The first-order chi connectivity index (χ1) is 5.75. The van der Waals surface area contributed by atoms with Gasteiger partial charge in [0.15, 0.2) is 0 Å². The quantitative estimate of drug-likeness (QED) is 0.749. The molecule has 2 rings (SSSR count). The van der Waals surface area contributed by atoms with Crippen LogP contribution in [-0.2, 0) is 7.05 Å². The smallest absolute Gasteiger partial charge is 0.203 e. The van der Waals surface area contributed by atoms with Crippen LogP contribution in [0.2, 0.25) is 0 Å². The summed E-state index contributed by atoms with van der Waals surface area (Å²) in [4.78, 5) is 4.23. The summed E-state index contributed by atoms with van der Waals surface area (Å²) in [6.45, 7) is 0. The summed E-state index contributed by atoms with van der Waals surface area (Å²) >= 11 is 3.49. The highest BCUT2D eigenvalue weighted by atomic mass is 127. The molecule has 0 amide bonds. The molecule has 0 N–H and O–H groups in total. The Balaban J connectivity index is 2.43. The molecule has 2 aromatic heterocycles. The van der Waals surface area contributed by atoms with Crippen LogP contribution in [-0.4, -0.2) is 19.1 Å². The highest BCUT2D eigenvalue weighted by molar-refractivity contribution is 14.1. The maximum absolute atomic E-state index is 4.23. The Morgan fingerprint density at radius 1 is 1.58 bits per heavy atom. The molecule has 4 nitrogen and oxygen atoms in total. The summed E-state index contributed by atoms with van der Waals surface area (Å²) < 4.78 is 6.62. The molecule has 0 radical (unpaired) electrons. The van der Waals surface area contributed by atoms with Crippen LogP contribution >= 0.6 is 34.1 Å². The molecule has 12 heavy (non-hydrogen) atoms. The monoisotopic (exact) mass is 292 g/mol. The van der Waals surface area contributed by atoms with E-state index in [4.69, 9.17) is 0 Å². The summed E-state index contributed by atoms with van der Waals surface area (Å²) in [6.07, 6.45) is 3.72. The second kappa shape index (κ2) is 3.09. The van der Waals surface area contributed by atoms with Gasteiger partial charge < -0.3 is 0 Å². The highest BCUT2D eigenvalue weighted by Crippen LogP contribution is 2.20. The van der Waals surface area contributed by atoms with Gasteiger partial charge in [-0.3, -0.25) is 4.68 Å². The van der Waals surface area contributed by atoms with E-state index in [1.54, 1.807) is 10.9 Å². The molecule has 0 bridgehead atoms. The Morgan fingerprint density at radius 2 is 2.42 bits per heavy atom. The molecule has 0 aliphatic rings. The van der Waals surface area contributed by atoms with Crippen molar-refractivity contribution < 1.29 is 0 Å². The van der Waals surface area contributed by atoms with Gasteiger partial charge in [-0.2, -0.15) is 9.47 Å². The molecule has 62 valence electrons. The molecule has 0 aromatic carbocycles. The van der Waals surface area contributed by atoms with Crippen LogP contribution in [0.3, 0.4) is 0 Å². The van der Waals surface area contributed by atoms with Gasteiger partial charge in [0.05, 0.1) is 11.8 Å². The molecule has 2 heterocycles. The Labute approximate surface area is 86.9 Å². The van der Waals surface area contributed by atoms with Crippen molar-refractivity contribution in [3.63, 3.8) is 0 Å². The molecule has 0 atom stereocenters. The van der Waals surface area contributed by atoms with Crippen molar-refractivity contribution in [2.45, 2.75) is 0 Å². The number of aromatic nitrogens is 4. The molecule has 0 aliphatic heterocycles. The first kappa shape index (κ1) is 8.11. The van der Waals surface area contributed by atoms with E-state index in [1.165, 1.54) is 11.5 Å². The average molecular weight is 292 g/mol. The minimum atomic E-state index is 0.788. The van der Waals surface area contributed by atoms with Crippen molar-refractivity contribution in [3.8, 4) is 10.6 Å². The zero-order valence-corrected chi connectivity index (χ0v) is 9.20. The van der Waals surface area contributed by atoms with Crippen molar-refractivity contribution in [2.75, 3.05) is 0 Å². The van der Waals surface area contributed by atoms with Gasteiger partial charge in [-0.25, -0.2) is 4.98 Å². The van der Waals surface area contributed by atoms with Crippen LogP contribution in [0.25, 0.3) is 10.6 Å². The van der Waals surface area contributed by atoms with Gasteiger partial charge in [0.2, 0.25) is 3.83 Å². The first-order valence-corrected chi connectivity index (χ1v) is 5.09. The second-order valence-electron chi connectivity index (χ2n) is 2.27. The lowest BCUT2D eigenvalue weighted by Crippen LogP contribution is -1.84. The van der Waals surface area contributed by atoms with E-state index in [-0.39, 0.29) is 0 Å². The Hall–Kier alpha value is -0.500. The second-order valence-corrected chi connectivity index (χ2v) is 3.99. The Bertz CT molecular complexity index is 355. The van der Waals surface area contributed by atoms with E-state index in [9.17, 15) is 0 Å². The number of aryl methyl sites for hydroxylation is 1. The fraction of sp³-hybridized carbons (Fsp3) is 0.167. The van der Waals surface area contributed by atoms with Crippen LogP contribution in [0.1, 0.15) is 0 Å². The maximum Gasteiger partial charge on any atom is 0.203 e. The zero-order chi connectivity index (χ0) is 8.55. The molecule has 0 unspecified atom stereocenters. The van der Waals surface area contributed by atoms with Crippen molar-refractivity contribution in [2.24, 2.45) is 7.05 Å². The van der Waals surface area contributed by atoms with Gasteiger partial charge in [-0.1, -0.05) is 0 Å². The van der Waals surface area contributed by atoms with E-state index >= 15 is 0 Å². The van der Waals surface area contributed by atoms with Gasteiger partial charge in [-0.05, 0) is 11.5 Å². The average Bonchev–Trinajstić information content (AvgIpc) is 2.58. The number of hydrogen-bond acceptors (Lipinski definition) is 4. The van der Waals surface area contributed by atoms with Gasteiger partial charge in [0, 0.05) is 35.8 Å². The van der Waals surface area contributed by atoms with Crippen molar-refractivity contribution in [1.29, 1.82) is 0 Å². The third kappa shape index (κ3) is 1.48. The lowest BCUT2D eigenvalue weighted by atomic mass is 10.4. The number of rotatable bonds is 1. The minimum absolute atomic E-state index is 0.788. The van der Waals surface area contributed by atoms with Crippen LogP contribution in [0, 0.1) is 3.83 Å². The van der Waals surface area contributed by atoms with E-state index in [0.717, 1.165) is 14.4 Å². The molecule has 6 heteroatoms. The van der Waals surface area contributed by atoms with Crippen LogP contribution in [0.5, 0.6) is 0 Å². The number of hydrogen-bond donors (Lipinski definition) is 0. The predicted molar refractivity (Wildman–Crippen MR) is 54.8 cm³/mol. The van der Waals surface area contributed by atoms with Crippen molar-refractivity contribution >= 4 is 34.1 Å². The fourth-order valence-corrected chi connectivity index (χ4v) is 2.10. The summed E-state index contributed by atoms with van der Waals surface area (Å²) in [5.41, 5.74) is 1.03. The summed E-state index contributed by atoms with van der Waals surface area (Å²) in [6, 6.07) is 0. The van der Waals surface area contributed by atoms with Gasteiger partial charge >= 0.3 is 0 Å². The molecule has 0 spiro atoms. The third-order valence-corrected chi connectivity index (χ3v) is 2.93. The van der Waals surface area contributed by atoms with Crippen molar-refractivity contribution in [3.05, 3.63) is 16.2 Å². The highest BCUT2D eigenvalue weighted by Gasteiger charge is 2.05. The maximum atomic E-state index is 4.23. The minimum Gasteiger partial charge on any atom is -0.275 e. The topological polar surface area (TPSA) is 43.6 Å². The molecular weight excluding hydrogens is 287 g/mol. The van der Waals surface area contributed by atoms with Gasteiger partial charge in [-0.15, -0.1) is 0 Å². The van der Waals surface area contributed by atoms with Gasteiger partial charge in [0.1, 0.15) is 5.01 Å². The summed E-state index contributed by atoms with van der Waals surface area (Å²) in [5, 5.41) is 4.98. The molecule has 0 saturated heterocycles. The Morgan fingerprint density at radius 3 is 2.92 bits per heavy atom. The SMILES string of the molecule is Cn1cc(-c2nc(I)ns2)cn1. The Kier molecular flexibility index (Phi) is 2.09. The lowest BCUT2D eigenvalue weighted by molar-refractivity contribution is 0.768. The number of nitrogens with zero attached hydrogens (tertiary/aromatic N) is 4. The summed E-state index contributed by atoms with van der Waals surface area (Å²) in [7, 11) is 1.88. The van der Waals surface area contributed by atoms with E-state index in [0.29, 0.717) is 0 Å². The fourth-order valence-electron chi connectivity index (χ4n) is 0.854. The molecule has 0 saturated carbocycles. The van der Waals surface area contributed by atoms with Crippen molar-refractivity contribution in [1.82, 2.24) is 19.1 Å². The number of halogens is 1. The largest absolute Gasteiger partial charge is 0.275 e. The van der Waals surface area contributed by atoms with E-state index < -0.39 is 0 Å². The zero-order valence-electron chi connectivity index (χ0n) is 6.23. The van der Waals surface area contributed by atoms with Gasteiger partial charge in [0.25, 0.3) is 0 Å². The van der Waals surface area contributed by atoms with E-state index in [1.807, 2.05) is 13.2 Å². The predicted octanol–water partition coefficient (Wildman–Crippen LogP) is 1.54. The lowest BCUT2D eigenvalue weighted by Gasteiger charge is -1.83. The van der Waals surface area contributed by atoms with Crippen LogP contribution in [0.4, 0.5) is 0 Å². The standard InChI is InChI=1S/C6H5IN4S/c1-11-3-4(2-8-11)5-9-6(7)10-12-5/h2-3H,1H3. The molecular formula is C6H5IN4S.